The summed E-state index contributed by atoms with van der Waals surface area (Å²) in [4.78, 5) is 11.8. The van der Waals surface area contributed by atoms with E-state index in [1.807, 2.05) is 6.07 Å². The number of alkyl halides is 1. The molecule has 1 aromatic rings. The normalized spacial score (nSPS) is 10.1. The molecule has 0 atom stereocenters. The van der Waals surface area contributed by atoms with Gasteiger partial charge in [0.1, 0.15) is 5.75 Å². The molecule has 0 aliphatic heterocycles. The molecular formula is C13H17BrO3. The van der Waals surface area contributed by atoms with Gasteiger partial charge in [0.05, 0.1) is 19.3 Å². The molecule has 0 radical (unpaired) electrons. The van der Waals surface area contributed by atoms with Crippen LogP contribution in [-0.4, -0.2) is 25.0 Å². The highest BCUT2D eigenvalue weighted by atomic mass is 79.9. The molecule has 0 heterocycles. The lowest BCUT2D eigenvalue weighted by atomic mass is 10.0. The summed E-state index contributed by atoms with van der Waals surface area (Å²) >= 11 is 3.39. The minimum Gasteiger partial charge on any atom is -0.497 e. The zero-order chi connectivity index (χ0) is 12.7. The van der Waals surface area contributed by atoms with Gasteiger partial charge in [0.15, 0.2) is 0 Å². The minimum atomic E-state index is -0.264. The van der Waals surface area contributed by atoms with Gasteiger partial charge in [0.25, 0.3) is 0 Å². The molecule has 0 fully saturated rings. The molecule has 0 aromatic heterocycles. The molecule has 0 aliphatic carbocycles. The fraction of sp³-hybridized carbons (Fsp3) is 0.462. The first-order chi connectivity index (χ1) is 8.22. The van der Waals surface area contributed by atoms with Gasteiger partial charge in [-0.3, -0.25) is 0 Å². The van der Waals surface area contributed by atoms with Crippen molar-refractivity contribution in [2.75, 3.05) is 19.0 Å². The summed E-state index contributed by atoms with van der Waals surface area (Å²) in [7, 11) is 1.62. The Morgan fingerprint density at radius 2 is 2.18 bits per heavy atom. The largest absolute Gasteiger partial charge is 0.497 e. The number of methoxy groups -OCH3 is 1. The van der Waals surface area contributed by atoms with Crippen LogP contribution in [0, 0.1) is 0 Å². The van der Waals surface area contributed by atoms with E-state index in [9.17, 15) is 4.79 Å². The molecule has 17 heavy (non-hydrogen) atoms. The zero-order valence-corrected chi connectivity index (χ0v) is 11.7. The van der Waals surface area contributed by atoms with Crippen molar-refractivity contribution in [3.05, 3.63) is 29.3 Å². The fourth-order valence-electron chi connectivity index (χ4n) is 1.57. The van der Waals surface area contributed by atoms with Gasteiger partial charge in [-0.25, -0.2) is 4.79 Å². The van der Waals surface area contributed by atoms with Gasteiger partial charge in [0.2, 0.25) is 0 Å². The molecule has 0 bridgehead atoms. The third-order valence-corrected chi connectivity index (χ3v) is 2.95. The van der Waals surface area contributed by atoms with Crippen LogP contribution < -0.4 is 4.74 Å². The Morgan fingerprint density at radius 3 is 2.76 bits per heavy atom. The van der Waals surface area contributed by atoms with Crippen LogP contribution in [0.2, 0.25) is 0 Å². The molecule has 4 heteroatoms. The van der Waals surface area contributed by atoms with E-state index in [4.69, 9.17) is 9.47 Å². The molecule has 1 aromatic carbocycles. The molecule has 0 amide bonds. The molecule has 3 nitrogen and oxygen atoms in total. The summed E-state index contributed by atoms with van der Waals surface area (Å²) in [6, 6.07) is 5.44. The van der Waals surface area contributed by atoms with Crippen molar-refractivity contribution < 1.29 is 14.3 Å². The smallest absolute Gasteiger partial charge is 0.338 e. The Kier molecular flexibility index (Phi) is 6.05. The van der Waals surface area contributed by atoms with Crippen molar-refractivity contribution in [1.82, 2.24) is 0 Å². The van der Waals surface area contributed by atoms with Crippen LogP contribution in [0.1, 0.15) is 29.3 Å². The number of carbonyl (C=O) groups is 1. The summed E-state index contributed by atoms with van der Waals surface area (Å²) in [5, 5.41) is 0.909. The fourth-order valence-corrected chi connectivity index (χ4v) is 1.85. The van der Waals surface area contributed by atoms with Crippen LogP contribution in [0.5, 0.6) is 5.75 Å². The molecule has 1 rings (SSSR count). The standard InChI is InChI=1S/C13H17BrO3/c1-3-17-13(15)12-7-6-11(16-2)9-10(12)5-4-8-14/h6-7,9H,3-5,8H2,1-2H3. The predicted octanol–water partition coefficient (Wildman–Crippen LogP) is 3.20. The Balaban J connectivity index is 2.97. The molecule has 0 unspecified atom stereocenters. The number of benzene rings is 1. The first-order valence-corrected chi connectivity index (χ1v) is 6.75. The lowest BCUT2D eigenvalue weighted by Gasteiger charge is -2.10. The highest BCUT2D eigenvalue weighted by Gasteiger charge is 2.12. The number of rotatable bonds is 6. The van der Waals surface area contributed by atoms with Crippen molar-refractivity contribution in [3.8, 4) is 5.75 Å². The maximum atomic E-state index is 11.8. The first-order valence-electron chi connectivity index (χ1n) is 5.63. The summed E-state index contributed by atoms with van der Waals surface area (Å²) in [6.07, 6.45) is 1.80. The minimum absolute atomic E-state index is 0.264. The maximum absolute atomic E-state index is 11.8. The number of hydrogen-bond acceptors (Lipinski definition) is 3. The molecule has 0 N–H and O–H groups in total. The number of aryl methyl sites for hydroxylation is 1. The number of halogens is 1. The van der Waals surface area contributed by atoms with Crippen LogP contribution in [0.15, 0.2) is 18.2 Å². The molecule has 0 spiro atoms. The average Bonchev–Trinajstić information content (AvgIpc) is 2.36. The second-order valence-corrected chi connectivity index (χ2v) is 4.33. The van der Waals surface area contributed by atoms with Crippen LogP contribution in [0.4, 0.5) is 0 Å². The van der Waals surface area contributed by atoms with Crippen molar-refractivity contribution in [1.29, 1.82) is 0 Å². The van der Waals surface area contributed by atoms with Gasteiger partial charge < -0.3 is 9.47 Å². The van der Waals surface area contributed by atoms with Crippen LogP contribution in [0.3, 0.4) is 0 Å². The first kappa shape index (κ1) is 14.0. The highest BCUT2D eigenvalue weighted by Crippen LogP contribution is 2.20. The second kappa shape index (κ2) is 7.33. The third kappa shape index (κ3) is 4.04. The molecule has 0 aliphatic rings. The number of hydrogen-bond donors (Lipinski definition) is 0. The van der Waals surface area contributed by atoms with E-state index >= 15 is 0 Å². The van der Waals surface area contributed by atoms with Gasteiger partial charge in [-0.1, -0.05) is 15.9 Å². The quantitative estimate of drug-likeness (QED) is 0.598. The average molecular weight is 301 g/mol. The van der Waals surface area contributed by atoms with E-state index in [1.165, 1.54) is 0 Å². The Bertz CT molecular complexity index is 377. The summed E-state index contributed by atoms with van der Waals surface area (Å²) in [5.41, 5.74) is 1.61. The second-order valence-electron chi connectivity index (χ2n) is 3.54. The lowest BCUT2D eigenvalue weighted by molar-refractivity contribution is 0.0525. The van der Waals surface area contributed by atoms with Crippen molar-refractivity contribution in [2.45, 2.75) is 19.8 Å². The van der Waals surface area contributed by atoms with Gasteiger partial charge in [-0.2, -0.15) is 0 Å². The van der Waals surface area contributed by atoms with Gasteiger partial charge in [0, 0.05) is 5.33 Å². The monoisotopic (exact) mass is 300 g/mol. The lowest BCUT2D eigenvalue weighted by Crippen LogP contribution is -2.08. The van der Waals surface area contributed by atoms with Gasteiger partial charge in [-0.05, 0) is 43.5 Å². The number of esters is 1. The molecule has 0 saturated heterocycles. The van der Waals surface area contributed by atoms with Crippen LogP contribution in [-0.2, 0) is 11.2 Å². The molecule has 94 valence electrons. The predicted molar refractivity (Wildman–Crippen MR) is 71.1 cm³/mol. The van der Waals surface area contributed by atoms with Crippen LogP contribution in [0.25, 0.3) is 0 Å². The van der Waals surface area contributed by atoms with Crippen LogP contribution >= 0.6 is 15.9 Å². The van der Waals surface area contributed by atoms with Gasteiger partial charge >= 0.3 is 5.97 Å². The number of ether oxygens (including phenoxy) is 2. The summed E-state index contributed by atoms with van der Waals surface area (Å²) in [5.74, 6) is 0.502. The van der Waals surface area contributed by atoms with Gasteiger partial charge in [-0.15, -0.1) is 0 Å². The zero-order valence-electron chi connectivity index (χ0n) is 10.2. The SMILES string of the molecule is CCOC(=O)c1ccc(OC)cc1CCCBr. The Morgan fingerprint density at radius 1 is 1.41 bits per heavy atom. The van der Waals surface area contributed by atoms with E-state index in [2.05, 4.69) is 15.9 Å². The molecule has 0 saturated carbocycles. The highest BCUT2D eigenvalue weighted by molar-refractivity contribution is 9.09. The van der Waals surface area contributed by atoms with E-state index in [-0.39, 0.29) is 5.97 Å². The van der Waals surface area contributed by atoms with E-state index in [0.29, 0.717) is 12.2 Å². The van der Waals surface area contributed by atoms with E-state index in [0.717, 1.165) is 29.5 Å². The Hall–Kier alpha value is -1.03. The summed E-state index contributed by atoms with van der Waals surface area (Å²) in [6.45, 7) is 2.20. The van der Waals surface area contributed by atoms with Crippen molar-refractivity contribution >= 4 is 21.9 Å². The topological polar surface area (TPSA) is 35.5 Å². The van der Waals surface area contributed by atoms with Crippen molar-refractivity contribution in [3.63, 3.8) is 0 Å². The molecular weight excluding hydrogens is 284 g/mol. The summed E-state index contributed by atoms with van der Waals surface area (Å²) < 4.78 is 10.2. The Labute approximate surface area is 110 Å². The van der Waals surface area contributed by atoms with E-state index in [1.54, 1.807) is 26.2 Å². The maximum Gasteiger partial charge on any atom is 0.338 e. The number of carbonyl (C=O) groups excluding carboxylic acids is 1. The van der Waals surface area contributed by atoms with Crippen molar-refractivity contribution in [2.24, 2.45) is 0 Å². The third-order valence-electron chi connectivity index (χ3n) is 2.39. The van der Waals surface area contributed by atoms with E-state index < -0.39 is 0 Å².